The summed E-state index contributed by atoms with van der Waals surface area (Å²) in [6, 6.07) is 8.67. The van der Waals surface area contributed by atoms with E-state index in [4.69, 9.17) is 16.3 Å². The van der Waals surface area contributed by atoms with Crippen LogP contribution in [-0.2, 0) is 16.6 Å². The van der Waals surface area contributed by atoms with Crippen LogP contribution in [0.4, 0.5) is 0 Å². The molecule has 0 aliphatic heterocycles. The molecule has 2 heteroatoms. The summed E-state index contributed by atoms with van der Waals surface area (Å²) < 4.78 is 5.64. The van der Waals surface area contributed by atoms with Crippen LogP contribution in [0.1, 0.15) is 30.9 Å². The fraction of sp³-hybridized carbons (Fsp3) is 0.571. The third kappa shape index (κ3) is 2.11. The molecule has 1 aliphatic carbocycles. The molecule has 0 radical (unpaired) electrons. The molecule has 1 unspecified atom stereocenters. The van der Waals surface area contributed by atoms with Crippen LogP contribution in [-0.4, -0.2) is 19.1 Å². The first-order valence-electron chi connectivity index (χ1n) is 6.04. The lowest BCUT2D eigenvalue weighted by Crippen LogP contribution is -2.37. The first-order chi connectivity index (χ1) is 7.82. The van der Waals surface area contributed by atoms with Crippen LogP contribution in [0.15, 0.2) is 24.3 Å². The Balaban J connectivity index is 2.33. The molecule has 0 saturated carbocycles. The number of halogens is 1. The number of hydrogen-bond acceptors (Lipinski definition) is 1. The standard InChI is InChI=1S/C14H19ClO/c1-2-16-11-14(10-15)9-5-7-12-6-3-4-8-13(12)14/h3-4,6,8H,2,5,7,9-11H2,1H3. The first-order valence-corrected chi connectivity index (χ1v) is 6.58. The lowest BCUT2D eigenvalue weighted by Gasteiger charge is -2.37. The molecule has 0 amide bonds. The van der Waals surface area contributed by atoms with Gasteiger partial charge in [-0.1, -0.05) is 24.3 Å². The maximum absolute atomic E-state index is 6.22. The van der Waals surface area contributed by atoms with Crippen molar-refractivity contribution < 1.29 is 4.74 Å². The summed E-state index contributed by atoms with van der Waals surface area (Å²) in [7, 11) is 0. The van der Waals surface area contributed by atoms with Crippen molar-refractivity contribution in [3.05, 3.63) is 35.4 Å². The van der Waals surface area contributed by atoms with Gasteiger partial charge in [0.25, 0.3) is 0 Å². The fourth-order valence-corrected chi connectivity index (χ4v) is 2.99. The SMILES string of the molecule is CCOCC1(CCl)CCCc2ccccc21. The molecular formula is C14H19ClO. The Morgan fingerprint density at radius 1 is 1.38 bits per heavy atom. The molecule has 0 N–H and O–H groups in total. The molecule has 0 heterocycles. The van der Waals surface area contributed by atoms with Crippen molar-refractivity contribution in [1.82, 2.24) is 0 Å². The van der Waals surface area contributed by atoms with Gasteiger partial charge >= 0.3 is 0 Å². The second kappa shape index (κ2) is 5.20. The second-order valence-corrected chi connectivity index (χ2v) is 4.83. The van der Waals surface area contributed by atoms with Crippen molar-refractivity contribution in [2.75, 3.05) is 19.1 Å². The van der Waals surface area contributed by atoms with Gasteiger partial charge in [-0.25, -0.2) is 0 Å². The average Bonchev–Trinajstić information content (AvgIpc) is 2.36. The molecule has 1 aromatic carbocycles. The number of aryl methyl sites for hydroxylation is 1. The van der Waals surface area contributed by atoms with Gasteiger partial charge in [-0.2, -0.15) is 0 Å². The summed E-state index contributed by atoms with van der Waals surface area (Å²) in [6.07, 6.45) is 3.55. The molecule has 1 aromatic rings. The normalized spacial score (nSPS) is 24.1. The number of benzene rings is 1. The average molecular weight is 239 g/mol. The Morgan fingerprint density at radius 2 is 2.19 bits per heavy atom. The number of ether oxygens (including phenoxy) is 1. The van der Waals surface area contributed by atoms with Gasteiger partial charge in [-0.05, 0) is 37.3 Å². The van der Waals surface area contributed by atoms with Gasteiger partial charge in [0.15, 0.2) is 0 Å². The third-order valence-electron chi connectivity index (χ3n) is 3.53. The minimum Gasteiger partial charge on any atom is -0.381 e. The van der Waals surface area contributed by atoms with Gasteiger partial charge in [0, 0.05) is 17.9 Å². The van der Waals surface area contributed by atoms with Crippen LogP contribution in [0.25, 0.3) is 0 Å². The maximum atomic E-state index is 6.22. The topological polar surface area (TPSA) is 9.23 Å². The van der Waals surface area contributed by atoms with E-state index >= 15 is 0 Å². The highest BCUT2D eigenvalue weighted by molar-refractivity contribution is 6.18. The molecule has 16 heavy (non-hydrogen) atoms. The molecule has 0 bridgehead atoms. The zero-order chi connectivity index (χ0) is 11.4. The number of hydrogen-bond donors (Lipinski definition) is 0. The monoisotopic (exact) mass is 238 g/mol. The minimum atomic E-state index is 0.0480. The van der Waals surface area contributed by atoms with Crippen LogP contribution >= 0.6 is 11.6 Å². The second-order valence-electron chi connectivity index (χ2n) is 4.56. The van der Waals surface area contributed by atoms with Crippen molar-refractivity contribution in [2.24, 2.45) is 0 Å². The van der Waals surface area contributed by atoms with Crippen LogP contribution < -0.4 is 0 Å². The largest absolute Gasteiger partial charge is 0.381 e. The highest BCUT2D eigenvalue weighted by atomic mass is 35.5. The van der Waals surface area contributed by atoms with Crippen molar-refractivity contribution in [3.8, 4) is 0 Å². The van der Waals surface area contributed by atoms with Gasteiger partial charge in [-0.3, -0.25) is 0 Å². The zero-order valence-corrected chi connectivity index (χ0v) is 10.6. The van der Waals surface area contributed by atoms with E-state index in [1.165, 1.54) is 24.0 Å². The van der Waals surface area contributed by atoms with Crippen molar-refractivity contribution in [1.29, 1.82) is 0 Å². The summed E-state index contributed by atoms with van der Waals surface area (Å²) in [6.45, 7) is 3.56. The molecule has 1 aliphatic rings. The van der Waals surface area contributed by atoms with E-state index in [-0.39, 0.29) is 5.41 Å². The molecule has 1 atom stereocenters. The van der Waals surface area contributed by atoms with Gasteiger partial charge in [0.05, 0.1) is 6.61 Å². The maximum Gasteiger partial charge on any atom is 0.0574 e. The molecule has 0 aromatic heterocycles. The van der Waals surface area contributed by atoms with Gasteiger partial charge in [0.1, 0.15) is 0 Å². The molecular weight excluding hydrogens is 220 g/mol. The summed E-state index contributed by atoms with van der Waals surface area (Å²) in [4.78, 5) is 0. The zero-order valence-electron chi connectivity index (χ0n) is 9.84. The van der Waals surface area contributed by atoms with E-state index in [9.17, 15) is 0 Å². The van der Waals surface area contributed by atoms with Gasteiger partial charge in [0.2, 0.25) is 0 Å². The molecule has 0 spiro atoms. The summed E-state index contributed by atoms with van der Waals surface area (Å²) in [5.41, 5.74) is 2.91. The number of fused-ring (bicyclic) bond motifs is 1. The Morgan fingerprint density at radius 3 is 2.94 bits per heavy atom. The van der Waals surface area contributed by atoms with Crippen LogP contribution in [0, 0.1) is 0 Å². The van der Waals surface area contributed by atoms with E-state index in [2.05, 4.69) is 24.3 Å². The Labute approximate surface area is 103 Å². The highest BCUT2D eigenvalue weighted by Crippen LogP contribution is 2.38. The fourth-order valence-electron chi connectivity index (χ4n) is 2.63. The summed E-state index contributed by atoms with van der Waals surface area (Å²) in [5, 5.41) is 0. The summed E-state index contributed by atoms with van der Waals surface area (Å²) >= 11 is 6.22. The number of alkyl halides is 1. The lowest BCUT2D eigenvalue weighted by molar-refractivity contribution is 0.0921. The molecule has 0 fully saturated rings. The molecule has 0 saturated heterocycles. The Kier molecular flexibility index (Phi) is 3.88. The number of rotatable bonds is 4. The van der Waals surface area contributed by atoms with Crippen molar-refractivity contribution >= 4 is 11.6 Å². The quantitative estimate of drug-likeness (QED) is 0.730. The van der Waals surface area contributed by atoms with Crippen LogP contribution in [0.5, 0.6) is 0 Å². The van der Waals surface area contributed by atoms with E-state index in [0.717, 1.165) is 19.6 Å². The van der Waals surface area contributed by atoms with Crippen molar-refractivity contribution in [3.63, 3.8) is 0 Å². The lowest BCUT2D eigenvalue weighted by atomic mass is 9.72. The van der Waals surface area contributed by atoms with Crippen LogP contribution in [0.2, 0.25) is 0 Å². The third-order valence-corrected chi connectivity index (χ3v) is 4.04. The van der Waals surface area contributed by atoms with E-state index in [0.29, 0.717) is 5.88 Å². The smallest absolute Gasteiger partial charge is 0.0574 e. The molecule has 2 rings (SSSR count). The molecule has 1 nitrogen and oxygen atoms in total. The van der Waals surface area contributed by atoms with E-state index < -0.39 is 0 Å². The molecule has 88 valence electrons. The minimum absolute atomic E-state index is 0.0480. The van der Waals surface area contributed by atoms with Gasteiger partial charge in [-0.15, -0.1) is 11.6 Å². The van der Waals surface area contributed by atoms with Crippen LogP contribution in [0.3, 0.4) is 0 Å². The Hall–Kier alpha value is -0.530. The first kappa shape index (κ1) is 11.9. The van der Waals surface area contributed by atoms with Crippen molar-refractivity contribution in [2.45, 2.75) is 31.6 Å². The predicted molar refractivity (Wildman–Crippen MR) is 68.3 cm³/mol. The predicted octanol–water partition coefficient (Wildman–Crippen LogP) is 3.54. The van der Waals surface area contributed by atoms with E-state index in [1.54, 1.807) is 0 Å². The van der Waals surface area contributed by atoms with E-state index in [1.807, 2.05) is 6.92 Å². The Bertz CT molecular complexity index is 350. The summed E-state index contributed by atoms with van der Waals surface area (Å²) in [5.74, 6) is 0.657. The van der Waals surface area contributed by atoms with Gasteiger partial charge < -0.3 is 4.74 Å². The highest BCUT2D eigenvalue weighted by Gasteiger charge is 2.35.